The van der Waals surface area contributed by atoms with Gasteiger partial charge >= 0.3 is 11.9 Å². The molecule has 0 aliphatic heterocycles. The standard InChI is InChI=1S/C20H20N2O8/c1-19(2,17(23)29-15-9-5-13(6-10-15)21(25)26)20(3,4)18(24)30-16-11-7-14(8-12-16)22(27)28/h5-12H,1-4H3. The van der Waals surface area contributed by atoms with E-state index in [1.807, 2.05) is 0 Å². The van der Waals surface area contributed by atoms with Gasteiger partial charge in [0.25, 0.3) is 11.4 Å². The Morgan fingerprint density at radius 1 is 0.667 bits per heavy atom. The highest BCUT2D eigenvalue weighted by Gasteiger charge is 2.51. The lowest BCUT2D eigenvalue weighted by atomic mass is 9.68. The van der Waals surface area contributed by atoms with Gasteiger partial charge in [0.1, 0.15) is 11.5 Å². The number of carbonyl (C=O) groups excluding carboxylic acids is 2. The number of benzene rings is 2. The fourth-order valence-electron chi connectivity index (χ4n) is 2.25. The Bertz CT molecular complexity index is 897. The van der Waals surface area contributed by atoms with Crippen LogP contribution in [0.5, 0.6) is 11.5 Å². The second-order valence-corrected chi connectivity index (χ2v) is 7.53. The molecule has 2 rings (SSSR count). The van der Waals surface area contributed by atoms with Crippen molar-refractivity contribution in [2.75, 3.05) is 0 Å². The van der Waals surface area contributed by atoms with Gasteiger partial charge in [-0.3, -0.25) is 29.8 Å². The van der Waals surface area contributed by atoms with Gasteiger partial charge in [0.05, 0.1) is 20.7 Å². The molecule has 0 aliphatic rings. The quantitative estimate of drug-likeness (QED) is 0.285. The first-order valence-electron chi connectivity index (χ1n) is 8.79. The molecule has 158 valence electrons. The van der Waals surface area contributed by atoms with Gasteiger partial charge in [-0.25, -0.2) is 0 Å². The number of hydrogen-bond donors (Lipinski definition) is 0. The van der Waals surface area contributed by atoms with E-state index in [-0.39, 0.29) is 22.9 Å². The highest BCUT2D eigenvalue weighted by molar-refractivity contribution is 5.89. The molecule has 0 amide bonds. The first kappa shape index (κ1) is 22.5. The minimum absolute atomic E-state index is 0.0956. The van der Waals surface area contributed by atoms with Crippen LogP contribution < -0.4 is 9.47 Å². The van der Waals surface area contributed by atoms with E-state index in [2.05, 4.69) is 0 Å². The minimum atomic E-state index is -1.34. The third-order valence-corrected chi connectivity index (χ3v) is 5.10. The Hall–Kier alpha value is -3.82. The molecule has 0 spiro atoms. The predicted octanol–water partition coefficient (Wildman–Crippen LogP) is 4.07. The molecule has 0 unspecified atom stereocenters. The van der Waals surface area contributed by atoms with Crippen molar-refractivity contribution in [3.8, 4) is 11.5 Å². The van der Waals surface area contributed by atoms with Gasteiger partial charge in [-0.15, -0.1) is 0 Å². The second kappa shape index (κ2) is 8.27. The number of nitro groups is 2. The summed E-state index contributed by atoms with van der Waals surface area (Å²) in [4.78, 5) is 45.8. The number of rotatable bonds is 7. The van der Waals surface area contributed by atoms with Crippen molar-refractivity contribution in [3.05, 3.63) is 68.8 Å². The summed E-state index contributed by atoms with van der Waals surface area (Å²) in [6.07, 6.45) is 0. The van der Waals surface area contributed by atoms with Crippen LogP contribution in [0.15, 0.2) is 48.5 Å². The predicted molar refractivity (Wildman–Crippen MR) is 105 cm³/mol. The van der Waals surface area contributed by atoms with Crippen molar-refractivity contribution >= 4 is 23.3 Å². The molecule has 0 radical (unpaired) electrons. The summed E-state index contributed by atoms with van der Waals surface area (Å²) >= 11 is 0. The lowest BCUT2D eigenvalue weighted by Crippen LogP contribution is -2.48. The number of esters is 2. The van der Waals surface area contributed by atoms with Crippen molar-refractivity contribution in [3.63, 3.8) is 0 Å². The summed E-state index contributed by atoms with van der Waals surface area (Å²) < 4.78 is 10.6. The van der Waals surface area contributed by atoms with Gasteiger partial charge in [0.15, 0.2) is 0 Å². The molecule has 2 aromatic rings. The van der Waals surface area contributed by atoms with Crippen LogP contribution in [0.25, 0.3) is 0 Å². The molecule has 0 saturated heterocycles. The van der Waals surface area contributed by atoms with Crippen LogP contribution in [0, 0.1) is 31.1 Å². The van der Waals surface area contributed by atoms with Crippen LogP contribution in [-0.4, -0.2) is 21.8 Å². The molecule has 0 bridgehead atoms. The van der Waals surface area contributed by atoms with E-state index in [1.165, 1.54) is 76.2 Å². The fraction of sp³-hybridized carbons (Fsp3) is 0.300. The first-order valence-corrected chi connectivity index (χ1v) is 8.79. The Labute approximate surface area is 171 Å². The fourth-order valence-corrected chi connectivity index (χ4v) is 2.25. The summed E-state index contributed by atoms with van der Waals surface area (Å²) in [6, 6.07) is 9.94. The van der Waals surface area contributed by atoms with E-state index in [0.29, 0.717) is 0 Å². The maximum Gasteiger partial charge on any atom is 0.318 e. The zero-order valence-electron chi connectivity index (χ0n) is 16.8. The Balaban J connectivity index is 2.14. The number of hydrogen-bond acceptors (Lipinski definition) is 8. The molecule has 0 aromatic heterocycles. The third kappa shape index (κ3) is 4.59. The Kier molecular flexibility index (Phi) is 6.20. The van der Waals surface area contributed by atoms with Gasteiger partial charge in [0, 0.05) is 24.3 Å². The van der Waals surface area contributed by atoms with Gasteiger partial charge in [0.2, 0.25) is 0 Å². The molecule has 0 fully saturated rings. The summed E-state index contributed by atoms with van der Waals surface area (Å²) in [5.41, 5.74) is -2.98. The molecule has 2 aromatic carbocycles. The van der Waals surface area contributed by atoms with Gasteiger partial charge in [-0.1, -0.05) is 0 Å². The average Bonchev–Trinajstić information content (AvgIpc) is 2.68. The molecule has 0 N–H and O–H groups in total. The van der Waals surface area contributed by atoms with Gasteiger partial charge in [-0.05, 0) is 52.0 Å². The maximum atomic E-state index is 12.7. The van der Waals surface area contributed by atoms with E-state index in [4.69, 9.17) is 9.47 Å². The van der Waals surface area contributed by atoms with Crippen LogP contribution in [0.2, 0.25) is 0 Å². The lowest BCUT2D eigenvalue weighted by molar-refractivity contribution is -0.385. The van der Waals surface area contributed by atoms with Crippen molar-refractivity contribution in [2.24, 2.45) is 10.8 Å². The van der Waals surface area contributed by atoms with Crippen LogP contribution in [0.3, 0.4) is 0 Å². The molecular weight excluding hydrogens is 396 g/mol. The normalized spacial score (nSPS) is 11.5. The van der Waals surface area contributed by atoms with Crippen molar-refractivity contribution < 1.29 is 28.9 Å². The third-order valence-electron chi connectivity index (χ3n) is 5.10. The highest BCUT2D eigenvalue weighted by atomic mass is 16.6. The zero-order chi connectivity index (χ0) is 22.7. The Morgan fingerprint density at radius 3 is 1.17 bits per heavy atom. The summed E-state index contributed by atoms with van der Waals surface area (Å²) in [6.45, 7) is 6.05. The van der Waals surface area contributed by atoms with Crippen LogP contribution in [0.1, 0.15) is 27.7 Å². The number of non-ortho nitro benzene ring substituents is 2. The van der Waals surface area contributed by atoms with Gasteiger partial charge in [-0.2, -0.15) is 0 Å². The monoisotopic (exact) mass is 416 g/mol. The molecule has 10 heteroatoms. The first-order chi connectivity index (χ1) is 13.9. The van der Waals surface area contributed by atoms with Gasteiger partial charge < -0.3 is 9.47 Å². The average molecular weight is 416 g/mol. The van der Waals surface area contributed by atoms with Crippen LogP contribution in [0.4, 0.5) is 11.4 Å². The number of nitrogens with zero attached hydrogens (tertiary/aromatic N) is 2. The van der Waals surface area contributed by atoms with Crippen molar-refractivity contribution in [1.82, 2.24) is 0 Å². The molecule has 0 heterocycles. The van der Waals surface area contributed by atoms with E-state index >= 15 is 0 Å². The molecule has 0 saturated carbocycles. The molecule has 0 aliphatic carbocycles. The topological polar surface area (TPSA) is 139 Å². The van der Waals surface area contributed by atoms with E-state index in [9.17, 15) is 29.8 Å². The largest absolute Gasteiger partial charge is 0.426 e. The molecular formula is C20H20N2O8. The van der Waals surface area contributed by atoms with E-state index < -0.39 is 32.6 Å². The van der Waals surface area contributed by atoms with Crippen LogP contribution >= 0.6 is 0 Å². The SMILES string of the molecule is CC(C)(C(=O)Oc1ccc([N+](=O)[O-])cc1)C(C)(C)C(=O)Oc1ccc([N+](=O)[O-])cc1. The minimum Gasteiger partial charge on any atom is -0.426 e. The summed E-state index contributed by atoms with van der Waals surface area (Å²) in [7, 11) is 0. The molecule has 0 atom stereocenters. The van der Waals surface area contributed by atoms with Crippen molar-refractivity contribution in [1.29, 1.82) is 0 Å². The van der Waals surface area contributed by atoms with E-state index in [1.54, 1.807) is 0 Å². The summed E-state index contributed by atoms with van der Waals surface area (Å²) in [5.74, 6) is -1.28. The smallest absolute Gasteiger partial charge is 0.318 e. The maximum absolute atomic E-state index is 12.7. The lowest BCUT2D eigenvalue weighted by Gasteiger charge is -2.36. The number of nitro benzene ring substituents is 2. The second-order valence-electron chi connectivity index (χ2n) is 7.53. The number of ether oxygens (including phenoxy) is 2. The number of carbonyl (C=O) groups is 2. The Morgan fingerprint density at radius 2 is 0.933 bits per heavy atom. The zero-order valence-corrected chi connectivity index (χ0v) is 16.8. The van der Waals surface area contributed by atoms with Crippen LogP contribution in [-0.2, 0) is 9.59 Å². The molecule has 10 nitrogen and oxygen atoms in total. The van der Waals surface area contributed by atoms with Crippen molar-refractivity contribution in [2.45, 2.75) is 27.7 Å². The highest BCUT2D eigenvalue weighted by Crippen LogP contribution is 2.41. The molecule has 30 heavy (non-hydrogen) atoms. The van der Waals surface area contributed by atoms with E-state index in [0.717, 1.165) is 0 Å². The summed E-state index contributed by atoms with van der Waals surface area (Å²) in [5, 5.41) is 21.4.